The van der Waals surface area contributed by atoms with Gasteiger partial charge in [-0.05, 0) is 6.07 Å². The van der Waals surface area contributed by atoms with Crippen LogP contribution in [0.3, 0.4) is 0 Å². The molecule has 0 aliphatic carbocycles. The molecule has 0 unspecified atom stereocenters. The molecule has 0 amide bonds. The van der Waals surface area contributed by atoms with Gasteiger partial charge in [-0.2, -0.15) is 5.10 Å². The van der Waals surface area contributed by atoms with Crippen LogP contribution < -0.4 is 5.56 Å². The van der Waals surface area contributed by atoms with Crippen molar-refractivity contribution in [2.45, 2.75) is 6.61 Å². The van der Waals surface area contributed by atoms with E-state index in [1.54, 1.807) is 0 Å². The number of H-pyrrole nitrogens is 1. The van der Waals surface area contributed by atoms with Crippen molar-refractivity contribution in [3.63, 3.8) is 0 Å². The standard InChI is InChI=1S/C5H6N2O2/c8-3-4-1-2-6-7-5(4)9/h1-2,8H,3H2,(H,7,9). The maximum Gasteiger partial charge on any atom is 0.269 e. The third-order valence-corrected chi connectivity index (χ3v) is 0.978. The number of aromatic amines is 1. The Balaban J connectivity index is 3.16. The van der Waals surface area contributed by atoms with Crippen molar-refractivity contribution in [2.75, 3.05) is 0 Å². The summed E-state index contributed by atoms with van der Waals surface area (Å²) in [4.78, 5) is 10.6. The average molecular weight is 126 g/mol. The van der Waals surface area contributed by atoms with Gasteiger partial charge in [0.05, 0.1) is 6.61 Å². The van der Waals surface area contributed by atoms with Crippen molar-refractivity contribution in [1.82, 2.24) is 10.2 Å². The number of aliphatic hydroxyl groups is 1. The first-order chi connectivity index (χ1) is 4.34. The van der Waals surface area contributed by atoms with Crippen LogP contribution in [0, 0.1) is 0 Å². The summed E-state index contributed by atoms with van der Waals surface area (Å²) in [6.45, 7) is -0.238. The zero-order valence-corrected chi connectivity index (χ0v) is 4.66. The Morgan fingerprint density at radius 3 is 3.00 bits per heavy atom. The van der Waals surface area contributed by atoms with Crippen molar-refractivity contribution < 1.29 is 5.11 Å². The van der Waals surface area contributed by atoms with Crippen LogP contribution in [0.15, 0.2) is 17.1 Å². The topological polar surface area (TPSA) is 66.0 Å². The van der Waals surface area contributed by atoms with E-state index >= 15 is 0 Å². The number of hydrogen-bond acceptors (Lipinski definition) is 3. The van der Waals surface area contributed by atoms with Gasteiger partial charge in [0.1, 0.15) is 0 Å². The smallest absolute Gasteiger partial charge is 0.269 e. The van der Waals surface area contributed by atoms with Crippen molar-refractivity contribution in [1.29, 1.82) is 0 Å². The Hall–Kier alpha value is -1.16. The van der Waals surface area contributed by atoms with E-state index in [1.165, 1.54) is 12.3 Å². The van der Waals surface area contributed by atoms with Gasteiger partial charge >= 0.3 is 0 Å². The van der Waals surface area contributed by atoms with Gasteiger partial charge in [-0.1, -0.05) is 0 Å². The average Bonchev–Trinajstić information content (AvgIpc) is 1.89. The number of hydrogen-bond donors (Lipinski definition) is 2. The van der Waals surface area contributed by atoms with Gasteiger partial charge in [-0.3, -0.25) is 4.79 Å². The van der Waals surface area contributed by atoms with Gasteiger partial charge < -0.3 is 5.11 Å². The Kier molecular flexibility index (Phi) is 1.60. The highest BCUT2D eigenvalue weighted by Gasteiger charge is 1.92. The molecular weight excluding hydrogens is 120 g/mol. The number of aromatic nitrogens is 2. The molecule has 0 atom stereocenters. The summed E-state index contributed by atoms with van der Waals surface area (Å²) in [7, 11) is 0. The predicted molar refractivity (Wildman–Crippen MR) is 30.8 cm³/mol. The third kappa shape index (κ3) is 1.14. The first-order valence-corrected chi connectivity index (χ1v) is 2.48. The maximum atomic E-state index is 10.6. The van der Waals surface area contributed by atoms with Crippen LogP contribution in [-0.2, 0) is 6.61 Å². The molecule has 0 fully saturated rings. The molecule has 48 valence electrons. The van der Waals surface area contributed by atoms with Crippen LogP contribution in [0.25, 0.3) is 0 Å². The summed E-state index contributed by atoms with van der Waals surface area (Å²) in [6.07, 6.45) is 1.42. The lowest BCUT2D eigenvalue weighted by Gasteiger charge is -1.88. The molecule has 0 bridgehead atoms. The Morgan fingerprint density at radius 1 is 1.78 bits per heavy atom. The molecule has 0 aromatic carbocycles. The molecule has 4 nitrogen and oxygen atoms in total. The van der Waals surface area contributed by atoms with Crippen LogP contribution >= 0.6 is 0 Å². The van der Waals surface area contributed by atoms with Gasteiger partial charge in [0, 0.05) is 11.8 Å². The minimum absolute atomic E-state index is 0.238. The van der Waals surface area contributed by atoms with Crippen LogP contribution in [0.5, 0.6) is 0 Å². The van der Waals surface area contributed by atoms with E-state index in [1.807, 2.05) is 0 Å². The summed E-state index contributed by atoms with van der Waals surface area (Å²) >= 11 is 0. The Bertz CT molecular complexity index is 243. The van der Waals surface area contributed by atoms with E-state index in [2.05, 4.69) is 10.2 Å². The summed E-state index contributed by atoms with van der Waals surface area (Å²) in [6, 6.07) is 1.47. The molecule has 0 saturated carbocycles. The molecule has 0 saturated heterocycles. The molecular formula is C5H6N2O2. The SMILES string of the molecule is O=c1[nH]nccc1CO. The summed E-state index contributed by atoms with van der Waals surface area (Å²) < 4.78 is 0. The molecule has 0 aliphatic rings. The van der Waals surface area contributed by atoms with Crippen LogP contribution in [-0.4, -0.2) is 15.3 Å². The molecule has 2 N–H and O–H groups in total. The van der Waals surface area contributed by atoms with Gasteiger partial charge in [0.2, 0.25) is 0 Å². The van der Waals surface area contributed by atoms with Crippen molar-refractivity contribution >= 4 is 0 Å². The molecule has 1 aromatic rings. The minimum Gasteiger partial charge on any atom is -0.391 e. The predicted octanol–water partition coefficient (Wildman–Crippen LogP) is -0.738. The Morgan fingerprint density at radius 2 is 2.56 bits per heavy atom. The fraction of sp³-hybridized carbons (Fsp3) is 0.200. The molecule has 0 radical (unpaired) electrons. The summed E-state index contributed by atoms with van der Waals surface area (Å²) in [5, 5.41) is 14.1. The van der Waals surface area contributed by atoms with Crippen molar-refractivity contribution in [3.05, 3.63) is 28.2 Å². The lowest BCUT2D eigenvalue weighted by atomic mass is 10.3. The molecule has 0 spiro atoms. The highest BCUT2D eigenvalue weighted by atomic mass is 16.3. The van der Waals surface area contributed by atoms with E-state index in [9.17, 15) is 4.79 Å². The second-order valence-electron chi connectivity index (χ2n) is 1.57. The molecule has 1 heterocycles. The summed E-state index contributed by atoms with van der Waals surface area (Å²) in [5.74, 6) is 0. The maximum absolute atomic E-state index is 10.6. The molecule has 9 heavy (non-hydrogen) atoms. The first-order valence-electron chi connectivity index (χ1n) is 2.48. The molecule has 1 aromatic heterocycles. The third-order valence-electron chi connectivity index (χ3n) is 0.978. The molecule has 4 heteroatoms. The lowest BCUT2D eigenvalue weighted by Crippen LogP contribution is -2.12. The van der Waals surface area contributed by atoms with Crippen LogP contribution in [0.1, 0.15) is 5.56 Å². The zero-order chi connectivity index (χ0) is 6.69. The number of rotatable bonds is 1. The van der Waals surface area contributed by atoms with Crippen molar-refractivity contribution in [2.24, 2.45) is 0 Å². The van der Waals surface area contributed by atoms with E-state index < -0.39 is 0 Å². The van der Waals surface area contributed by atoms with E-state index in [-0.39, 0.29) is 12.2 Å². The van der Waals surface area contributed by atoms with E-state index in [4.69, 9.17) is 5.11 Å². The lowest BCUT2D eigenvalue weighted by molar-refractivity contribution is 0.279. The van der Waals surface area contributed by atoms with Crippen LogP contribution in [0.2, 0.25) is 0 Å². The first kappa shape index (κ1) is 5.97. The monoisotopic (exact) mass is 126 g/mol. The fourth-order valence-corrected chi connectivity index (χ4v) is 0.495. The van der Waals surface area contributed by atoms with E-state index in [0.717, 1.165) is 0 Å². The Labute approximate surface area is 51.2 Å². The highest BCUT2D eigenvalue weighted by molar-refractivity contribution is 5.03. The largest absolute Gasteiger partial charge is 0.391 e. The quantitative estimate of drug-likeness (QED) is 0.521. The van der Waals surface area contributed by atoms with Gasteiger partial charge in [-0.25, -0.2) is 5.10 Å². The number of aliphatic hydroxyl groups excluding tert-OH is 1. The van der Waals surface area contributed by atoms with Crippen LogP contribution in [0.4, 0.5) is 0 Å². The van der Waals surface area contributed by atoms with E-state index in [0.29, 0.717) is 5.56 Å². The molecule has 1 rings (SSSR count). The normalized spacial score (nSPS) is 9.44. The number of nitrogens with one attached hydrogen (secondary N) is 1. The van der Waals surface area contributed by atoms with Gasteiger partial charge in [0.15, 0.2) is 0 Å². The minimum atomic E-state index is -0.333. The van der Waals surface area contributed by atoms with Gasteiger partial charge in [-0.15, -0.1) is 0 Å². The number of nitrogens with zero attached hydrogens (tertiary/aromatic N) is 1. The zero-order valence-electron chi connectivity index (χ0n) is 4.66. The second kappa shape index (κ2) is 2.41. The van der Waals surface area contributed by atoms with Crippen molar-refractivity contribution in [3.8, 4) is 0 Å². The van der Waals surface area contributed by atoms with Gasteiger partial charge in [0.25, 0.3) is 5.56 Å². The highest BCUT2D eigenvalue weighted by Crippen LogP contribution is 1.83. The second-order valence-corrected chi connectivity index (χ2v) is 1.57. The fourth-order valence-electron chi connectivity index (χ4n) is 0.495. The summed E-state index contributed by atoms with van der Waals surface area (Å²) in [5.41, 5.74) is 0.00463. The molecule has 0 aliphatic heterocycles.